The molecule has 0 radical (unpaired) electrons. The highest BCUT2D eigenvalue weighted by Gasteiger charge is 2.51. The van der Waals surface area contributed by atoms with E-state index < -0.39 is 5.60 Å². The topological polar surface area (TPSA) is 76.9 Å². The number of aromatic nitrogens is 2. The molecule has 1 aliphatic heterocycles. The van der Waals surface area contributed by atoms with Crippen LogP contribution in [0.3, 0.4) is 0 Å². The number of likely N-dealkylation sites (tertiary alicyclic amines) is 1. The van der Waals surface area contributed by atoms with Crippen LogP contribution in [0.2, 0.25) is 0 Å². The Labute approximate surface area is 184 Å². The molecule has 1 aromatic carbocycles. The first-order valence-electron chi connectivity index (χ1n) is 10.9. The lowest BCUT2D eigenvalue weighted by Gasteiger charge is -2.41. The monoisotopic (exact) mass is 427 g/mol. The second kappa shape index (κ2) is 8.63. The largest absolute Gasteiger partial charge is 0.496 e. The minimum absolute atomic E-state index is 0.117. The highest BCUT2D eigenvalue weighted by Crippen LogP contribution is 2.50. The van der Waals surface area contributed by atoms with Gasteiger partial charge in [-0.1, -0.05) is 6.07 Å². The van der Waals surface area contributed by atoms with Gasteiger partial charge in [0.1, 0.15) is 11.4 Å². The van der Waals surface area contributed by atoms with Gasteiger partial charge in [0.25, 0.3) is 0 Å². The average Bonchev–Trinajstić information content (AvgIpc) is 3.21. The van der Waals surface area contributed by atoms with Crippen molar-refractivity contribution in [3.8, 4) is 17.6 Å². The smallest absolute Gasteiger partial charge is 0.319 e. The van der Waals surface area contributed by atoms with Crippen LogP contribution in [0, 0.1) is 25.7 Å². The Morgan fingerprint density at radius 2 is 1.90 bits per heavy atom. The van der Waals surface area contributed by atoms with E-state index in [4.69, 9.17) is 14.2 Å². The van der Waals surface area contributed by atoms with Crippen LogP contribution < -0.4 is 14.2 Å². The fraction of sp³-hybridized carbons (Fsp3) is 0.583. The van der Waals surface area contributed by atoms with Gasteiger partial charge in [-0.15, -0.1) is 0 Å². The number of hydrogen-bond donors (Lipinski definition) is 1. The second-order valence-corrected chi connectivity index (χ2v) is 8.83. The third kappa shape index (κ3) is 3.85. The lowest BCUT2D eigenvalue weighted by Crippen LogP contribution is -2.43. The SMILES string of the molecule is COc1ncc([C@]2(O)CCC[C@@H]3CN(Cc4ccc(OC)c(C)c4C)C[C@@H]32)c(OC)n1. The fourth-order valence-electron chi connectivity index (χ4n) is 5.46. The van der Waals surface area contributed by atoms with E-state index in [9.17, 15) is 5.11 Å². The quantitative estimate of drug-likeness (QED) is 0.758. The third-order valence-corrected chi connectivity index (χ3v) is 7.30. The van der Waals surface area contributed by atoms with Gasteiger partial charge in [-0.3, -0.25) is 4.90 Å². The van der Waals surface area contributed by atoms with Gasteiger partial charge >= 0.3 is 6.01 Å². The molecule has 1 saturated carbocycles. The predicted molar refractivity (Wildman–Crippen MR) is 118 cm³/mol. The highest BCUT2D eigenvalue weighted by atomic mass is 16.5. The lowest BCUT2D eigenvalue weighted by molar-refractivity contribution is -0.0669. The van der Waals surface area contributed by atoms with E-state index in [2.05, 4.69) is 40.8 Å². The maximum absolute atomic E-state index is 11.9. The molecule has 1 saturated heterocycles. The molecule has 168 valence electrons. The molecule has 2 aliphatic rings. The summed E-state index contributed by atoms with van der Waals surface area (Å²) in [6, 6.07) is 4.46. The van der Waals surface area contributed by atoms with Crippen molar-refractivity contribution in [2.75, 3.05) is 34.4 Å². The third-order valence-electron chi connectivity index (χ3n) is 7.30. The first-order valence-corrected chi connectivity index (χ1v) is 10.9. The summed E-state index contributed by atoms with van der Waals surface area (Å²) in [7, 11) is 4.81. The molecule has 0 bridgehead atoms. The molecule has 0 amide bonds. The van der Waals surface area contributed by atoms with Gasteiger partial charge in [-0.2, -0.15) is 4.98 Å². The maximum Gasteiger partial charge on any atom is 0.319 e. The van der Waals surface area contributed by atoms with Crippen LogP contribution in [-0.2, 0) is 12.1 Å². The normalized spacial score (nSPS) is 25.9. The Balaban J connectivity index is 1.59. The second-order valence-electron chi connectivity index (χ2n) is 8.83. The standard InChI is InChI=1S/C24H33N3O4/c1-15-16(2)21(29-3)9-8-17(15)12-27-13-18-7-6-10-24(28,20(18)14-27)19-11-25-23(31-5)26-22(19)30-4/h8-9,11,18,20,28H,6-7,10,12-14H2,1-5H3/t18-,20+,24-/m1/s1. The first kappa shape index (κ1) is 21.8. The number of rotatable bonds is 6. The molecule has 1 aliphatic carbocycles. The van der Waals surface area contributed by atoms with Crippen LogP contribution in [0.1, 0.15) is 41.5 Å². The summed E-state index contributed by atoms with van der Waals surface area (Å²) in [4.78, 5) is 11.1. The molecule has 7 heteroatoms. The number of hydrogen-bond acceptors (Lipinski definition) is 7. The van der Waals surface area contributed by atoms with E-state index in [0.29, 0.717) is 23.8 Å². The van der Waals surface area contributed by atoms with E-state index in [0.717, 1.165) is 38.2 Å². The van der Waals surface area contributed by atoms with Gasteiger partial charge in [-0.05, 0) is 61.8 Å². The van der Waals surface area contributed by atoms with E-state index in [1.54, 1.807) is 20.4 Å². The molecule has 2 fully saturated rings. The van der Waals surface area contributed by atoms with Crippen LogP contribution >= 0.6 is 0 Å². The number of methoxy groups -OCH3 is 3. The van der Waals surface area contributed by atoms with E-state index >= 15 is 0 Å². The van der Waals surface area contributed by atoms with Crippen molar-refractivity contribution < 1.29 is 19.3 Å². The summed E-state index contributed by atoms with van der Waals surface area (Å²) >= 11 is 0. The summed E-state index contributed by atoms with van der Waals surface area (Å²) in [6.45, 7) is 6.95. The summed E-state index contributed by atoms with van der Waals surface area (Å²) in [5.74, 6) is 1.88. The van der Waals surface area contributed by atoms with Gasteiger partial charge in [0.05, 0.1) is 26.9 Å². The average molecular weight is 428 g/mol. The van der Waals surface area contributed by atoms with E-state index in [1.165, 1.54) is 23.8 Å². The fourth-order valence-corrected chi connectivity index (χ4v) is 5.46. The van der Waals surface area contributed by atoms with Crippen LogP contribution in [0.15, 0.2) is 18.3 Å². The maximum atomic E-state index is 11.9. The van der Waals surface area contributed by atoms with Gasteiger partial charge in [0.2, 0.25) is 5.88 Å². The van der Waals surface area contributed by atoms with Crippen molar-refractivity contribution in [3.63, 3.8) is 0 Å². The molecule has 2 aromatic rings. The first-order chi connectivity index (χ1) is 14.9. The van der Waals surface area contributed by atoms with Crippen LogP contribution in [0.5, 0.6) is 17.6 Å². The van der Waals surface area contributed by atoms with Gasteiger partial charge < -0.3 is 19.3 Å². The number of fused-ring (bicyclic) bond motifs is 1. The lowest BCUT2D eigenvalue weighted by atomic mass is 9.68. The molecule has 4 rings (SSSR count). The van der Waals surface area contributed by atoms with Crippen LogP contribution in [0.25, 0.3) is 0 Å². The van der Waals surface area contributed by atoms with Gasteiger partial charge in [0, 0.05) is 31.7 Å². The molecule has 31 heavy (non-hydrogen) atoms. The van der Waals surface area contributed by atoms with Crippen molar-refractivity contribution in [3.05, 3.63) is 40.6 Å². The zero-order valence-electron chi connectivity index (χ0n) is 19.1. The number of benzene rings is 1. The Kier molecular flexibility index (Phi) is 6.08. The molecular weight excluding hydrogens is 394 g/mol. The molecule has 1 N–H and O–H groups in total. The van der Waals surface area contributed by atoms with Gasteiger partial charge in [-0.25, -0.2) is 4.98 Å². The zero-order chi connectivity index (χ0) is 22.2. The molecule has 0 unspecified atom stereocenters. The predicted octanol–water partition coefficient (Wildman–Crippen LogP) is 3.24. The van der Waals surface area contributed by atoms with E-state index in [1.807, 2.05) is 0 Å². The van der Waals surface area contributed by atoms with Crippen LogP contribution in [0.4, 0.5) is 0 Å². The van der Waals surface area contributed by atoms with Crippen molar-refractivity contribution in [1.82, 2.24) is 14.9 Å². The molecular formula is C24H33N3O4. The Hall–Kier alpha value is -2.38. The molecule has 1 aromatic heterocycles. The zero-order valence-corrected chi connectivity index (χ0v) is 19.1. The summed E-state index contributed by atoms with van der Waals surface area (Å²) < 4.78 is 16.1. The van der Waals surface area contributed by atoms with Crippen molar-refractivity contribution in [2.45, 2.75) is 45.3 Å². The molecule has 2 heterocycles. The van der Waals surface area contributed by atoms with E-state index in [-0.39, 0.29) is 11.9 Å². The number of nitrogens with zero attached hydrogens (tertiary/aromatic N) is 3. The Morgan fingerprint density at radius 3 is 2.61 bits per heavy atom. The Morgan fingerprint density at radius 1 is 1.10 bits per heavy atom. The molecule has 3 atom stereocenters. The van der Waals surface area contributed by atoms with Crippen LogP contribution in [-0.4, -0.2) is 54.4 Å². The highest BCUT2D eigenvalue weighted by molar-refractivity contribution is 5.43. The molecule has 7 nitrogen and oxygen atoms in total. The Bertz CT molecular complexity index is 951. The number of ether oxygens (including phenoxy) is 3. The molecule has 0 spiro atoms. The minimum atomic E-state index is -1.000. The van der Waals surface area contributed by atoms with Crippen molar-refractivity contribution >= 4 is 0 Å². The van der Waals surface area contributed by atoms with Crippen molar-refractivity contribution in [1.29, 1.82) is 0 Å². The number of aliphatic hydroxyl groups is 1. The summed E-state index contributed by atoms with van der Waals surface area (Å²) in [5, 5.41) is 11.9. The minimum Gasteiger partial charge on any atom is -0.496 e. The summed E-state index contributed by atoms with van der Waals surface area (Å²) in [5.41, 5.74) is 3.44. The summed E-state index contributed by atoms with van der Waals surface area (Å²) in [6.07, 6.45) is 4.46. The van der Waals surface area contributed by atoms with Crippen molar-refractivity contribution in [2.24, 2.45) is 11.8 Å². The van der Waals surface area contributed by atoms with Gasteiger partial charge in [0.15, 0.2) is 0 Å².